The number of carbonyl (C=O) groups excluding carboxylic acids is 2. The van der Waals surface area contributed by atoms with Crippen LogP contribution in [-0.4, -0.2) is 54.9 Å². The van der Waals surface area contributed by atoms with E-state index >= 15 is 0 Å². The highest BCUT2D eigenvalue weighted by Crippen LogP contribution is 2.15. The summed E-state index contributed by atoms with van der Waals surface area (Å²) in [7, 11) is 1.59. The van der Waals surface area contributed by atoms with Crippen LogP contribution in [-0.2, 0) is 11.2 Å². The quantitative estimate of drug-likeness (QED) is 0.829. The summed E-state index contributed by atoms with van der Waals surface area (Å²) in [6.07, 6.45) is 0.351. The summed E-state index contributed by atoms with van der Waals surface area (Å²) in [5, 5.41) is 0.659. The van der Waals surface area contributed by atoms with Gasteiger partial charge in [0.25, 0.3) is 5.91 Å². The number of hydrogen-bond donors (Lipinski definition) is 0. The number of carbonyl (C=O) groups is 2. The minimum Gasteiger partial charge on any atom is -0.497 e. The number of nitrogens with zero attached hydrogens (tertiary/aromatic N) is 2. The first kappa shape index (κ1) is 18.3. The summed E-state index contributed by atoms with van der Waals surface area (Å²) in [5.41, 5.74) is 1.57. The molecule has 2 amide bonds. The third kappa shape index (κ3) is 4.35. The highest BCUT2D eigenvalue weighted by atomic mass is 35.5. The Bertz CT molecular complexity index is 767. The maximum Gasteiger partial charge on any atom is 0.253 e. The first-order chi connectivity index (χ1) is 12.6. The highest BCUT2D eigenvalue weighted by molar-refractivity contribution is 6.30. The van der Waals surface area contributed by atoms with Gasteiger partial charge in [-0.05, 0) is 42.0 Å². The molecule has 136 valence electrons. The van der Waals surface area contributed by atoms with Crippen molar-refractivity contribution in [3.05, 3.63) is 64.7 Å². The molecule has 5 nitrogen and oxygen atoms in total. The van der Waals surface area contributed by atoms with Crippen LogP contribution in [0.2, 0.25) is 5.02 Å². The van der Waals surface area contributed by atoms with Crippen molar-refractivity contribution < 1.29 is 14.3 Å². The predicted molar refractivity (Wildman–Crippen MR) is 101 cm³/mol. The summed E-state index contributed by atoms with van der Waals surface area (Å²) in [5.74, 6) is 0.778. The molecule has 0 aliphatic carbocycles. The Balaban J connectivity index is 1.53. The number of amides is 2. The molecule has 1 fully saturated rings. The Hall–Kier alpha value is -2.53. The average molecular weight is 373 g/mol. The summed E-state index contributed by atoms with van der Waals surface area (Å²) in [6.45, 7) is 2.18. The van der Waals surface area contributed by atoms with E-state index in [4.69, 9.17) is 16.3 Å². The number of methoxy groups -OCH3 is 1. The van der Waals surface area contributed by atoms with Crippen LogP contribution in [0.1, 0.15) is 15.9 Å². The van der Waals surface area contributed by atoms with Crippen LogP contribution >= 0.6 is 11.6 Å². The number of halogens is 1. The van der Waals surface area contributed by atoms with E-state index < -0.39 is 0 Å². The van der Waals surface area contributed by atoms with Gasteiger partial charge < -0.3 is 14.5 Å². The fraction of sp³-hybridized carbons (Fsp3) is 0.300. The number of rotatable bonds is 4. The SMILES string of the molecule is COc1ccc(C(=O)N2CCN(C(=O)Cc3ccc(Cl)cc3)CC2)cc1. The number of benzene rings is 2. The zero-order chi connectivity index (χ0) is 18.5. The molecule has 26 heavy (non-hydrogen) atoms. The van der Waals surface area contributed by atoms with Crippen LogP contribution in [0.5, 0.6) is 5.75 Å². The second kappa shape index (κ2) is 8.23. The Morgan fingerprint density at radius 2 is 1.50 bits per heavy atom. The maximum atomic E-state index is 12.6. The molecule has 0 bridgehead atoms. The molecule has 3 rings (SSSR count). The average Bonchev–Trinajstić information content (AvgIpc) is 2.69. The van der Waals surface area contributed by atoms with E-state index in [9.17, 15) is 9.59 Å². The van der Waals surface area contributed by atoms with Gasteiger partial charge in [0.05, 0.1) is 13.5 Å². The molecular weight excluding hydrogens is 352 g/mol. The van der Waals surface area contributed by atoms with Crippen molar-refractivity contribution in [2.24, 2.45) is 0 Å². The monoisotopic (exact) mass is 372 g/mol. The van der Waals surface area contributed by atoms with Crippen molar-refractivity contribution in [1.82, 2.24) is 9.80 Å². The first-order valence-corrected chi connectivity index (χ1v) is 8.90. The van der Waals surface area contributed by atoms with Crippen molar-refractivity contribution in [2.75, 3.05) is 33.3 Å². The molecule has 0 N–H and O–H groups in total. The van der Waals surface area contributed by atoms with Crippen LogP contribution < -0.4 is 4.74 Å². The van der Waals surface area contributed by atoms with E-state index in [0.717, 1.165) is 11.3 Å². The zero-order valence-corrected chi connectivity index (χ0v) is 15.4. The third-order valence-electron chi connectivity index (χ3n) is 4.53. The zero-order valence-electron chi connectivity index (χ0n) is 14.7. The molecule has 1 aliphatic rings. The summed E-state index contributed by atoms with van der Waals surface area (Å²) in [4.78, 5) is 28.6. The Kier molecular flexibility index (Phi) is 5.78. The van der Waals surface area contributed by atoms with E-state index in [0.29, 0.717) is 43.2 Å². The van der Waals surface area contributed by atoms with Gasteiger partial charge in [0.1, 0.15) is 5.75 Å². The van der Waals surface area contributed by atoms with Crippen molar-refractivity contribution >= 4 is 23.4 Å². The molecule has 0 radical (unpaired) electrons. The molecule has 0 aromatic heterocycles. The molecule has 0 unspecified atom stereocenters. The van der Waals surface area contributed by atoms with E-state index in [2.05, 4.69) is 0 Å². The molecule has 1 saturated heterocycles. The van der Waals surface area contributed by atoms with Crippen LogP contribution in [0.3, 0.4) is 0 Å². The van der Waals surface area contributed by atoms with Crippen LogP contribution in [0.25, 0.3) is 0 Å². The lowest BCUT2D eigenvalue weighted by Gasteiger charge is -2.35. The van der Waals surface area contributed by atoms with E-state index in [1.165, 1.54) is 0 Å². The molecular formula is C20H21ClN2O3. The van der Waals surface area contributed by atoms with Crippen LogP contribution in [0.4, 0.5) is 0 Å². The van der Waals surface area contributed by atoms with Gasteiger partial charge in [-0.25, -0.2) is 0 Å². The van der Waals surface area contributed by atoms with Crippen molar-refractivity contribution in [3.8, 4) is 5.75 Å². The van der Waals surface area contributed by atoms with Crippen molar-refractivity contribution in [3.63, 3.8) is 0 Å². The van der Waals surface area contributed by atoms with Gasteiger partial charge in [0.2, 0.25) is 5.91 Å². The van der Waals surface area contributed by atoms with E-state index in [-0.39, 0.29) is 11.8 Å². The van der Waals surface area contributed by atoms with Crippen LogP contribution in [0.15, 0.2) is 48.5 Å². The topological polar surface area (TPSA) is 49.9 Å². The maximum absolute atomic E-state index is 12.6. The van der Waals surface area contributed by atoms with E-state index in [1.54, 1.807) is 48.4 Å². The van der Waals surface area contributed by atoms with Gasteiger partial charge in [-0.15, -0.1) is 0 Å². The molecule has 0 spiro atoms. The summed E-state index contributed by atoms with van der Waals surface area (Å²) >= 11 is 5.87. The Labute approximate surface area is 158 Å². The van der Waals surface area contributed by atoms with Gasteiger partial charge in [0, 0.05) is 36.8 Å². The number of piperazine rings is 1. The molecule has 2 aromatic carbocycles. The summed E-state index contributed by atoms with van der Waals surface area (Å²) in [6, 6.07) is 14.4. The van der Waals surface area contributed by atoms with Gasteiger partial charge in [-0.2, -0.15) is 0 Å². The minimum absolute atomic E-state index is 0.0162. The second-order valence-corrected chi connectivity index (χ2v) is 6.64. The number of ether oxygens (including phenoxy) is 1. The van der Waals surface area contributed by atoms with Gasteiger partial charge >= 0.3 is 0 Å². The molecule has 0 saturated carbocycles. The first-order valence-electron chi connectivity index (χ1n) is 8.52. The molecule has 6 heteroatoms. The molecule has 0 atom stereocenters. The largest absolute Gasteiger partial charge is 0.497 e. The van der Waals surface area contributed by atoms with Gasteiger partial charge in [0.15, 0.2) is 0 Å². The lowest BCUT2D eigenvalue weighted by atomic mass is 10.1. The van der Waals surface area contributed by atoms with E-state index in [1.807, 2.05) is 17.0 Å². The fourth-order valence-electron chi connectivity index (χ4n) is 2.96. The molecule has 1 heterocycles. The fourth-order valence-corrected chi connectivity index (χ4v) is 3.09. The normalized spacial score (nSPS) is 14.2. The second-order valence-electron chi connectivity index (χ2n) is 6.20. The summed E-state index contributed by atoms with van der Waals surface area (Å²) < 4.78 is 5.11. The van der Waals surface area contributed by atoms with Crippen molar-refractivity contribution in [2.45, 2.75) is 6.42 Å². The van der Waals surface area contributed by atoms with Crippen molar-refractivity contribution in [1.29, 1.82) is 0 Å². The van der Waals surface area contributed by atoms with Gasteiger partial charge in [-0.1, -0.05) is 23.7 Å². The van der Waals surface area contributed by atoms with Gasteiger partial charge in [-0.3, -0.25) is 9.59 Å². The lowest BCUT2D eigenvalue weighted by molar-refractivity contribution is -0.131. The lowest BCUT2D eigenvalue weighted by Crippen LogP contribution is -2.51. The Morgan fingerprint density at radius 1 is 0.923 bits per heavy atom. The van der Waals surface area contributed by atoms with Crippen LogP contribution in [0, 0.1) is 0 Å². The Morgan fingerprint density at radius 3 is 2.08 bits per heavy atom. The molecule has 1 aliphatic heterocycles. The predicted octanol–water partition coefficient (Wildman–Crippen LogP) is 2.88. The minimum atomic E-state index is -0.0162. The standard InChI is InChI=1S/C20H21ClN2O3/c1-26-18-8-4-16(5-9-18)20(25)23-12-10-22(11-13-23)19(24)14-15-2-6-17(21)7-3-15/h2-9H,10-14H2,1H3. The third-order valence-corrected chi connectivity index (χ3v) is 4.78. The smallest absolute Gasteiger partial charge is 0.253 e. The number of hydrogen-bond acceptors (Lipinski definition) is 3. The molecule has 2 aromatic rings. The highest BCUT2D eigenvalue weighted by Gasteiger charge is 2.24.